The van der Waals surface area contributed by atoms with E-state index >= 15 is 0 Å². The average Bonchev–Trinajstić information content (AvgIpc) is 2.70. The maximum absolute atomic E-state index is 5.99. The van der Waals surface area contributed by atoms with Crippen molar-refractivity contribution >= 4 is 5.69 Å². The van der Waals surface area contributed by atoms with Crippen LogP contribution in [0.5, 0.6) is 11.5 Å². The Kier molecular flexibility index (Phi) is 1.44. The van der Waals surface area contributed by atoms with E-state index in [-0.39, 0.29) is 6.04 Å². The summed E-state index contributed by atoms with van der Waals surface area (Å²) in [5.41, 5.74) is 8.30. The normalized spacial score (nSPS) is 22.7. The Bertz CT molecular complexity index is 357. The van der Waals surface area contributed by atoms with Crippen LogP contribution >= 0.6 is 0 Å². The number of fused-ring (bicyclic) bond motifs is 2. The molecule has 0 aromatic heterocycles. The SMILES string of the molecule is CN1CC(N)c2cc3c(cc21)OCO3. The zero-order valence-electron chi connectivity index (χ0n) is 7.99. The van der Waals surface area contributed by atoms with E-state index in [0.717, 1.165) is 29.3 Å². The molecular weight excluding hydrogens is 180 g/mol. The van der Waals surface area contributed by atoms with E-state index in [0.29, 0.717) is 6.79 Å². The van der Waals surface area contributed by atoms with Crippen LogP contribution in [-0.4, -0.2) is 20.4 Å². The number of benzene rings is 1. The lowest BCUT2D eigenvalue weighted by Crippen LogP contribution is -2.19. The van der Waals surface area contributed by atoms with Crippen molar-refractivity contribution in [3.63, 3.8) is 0 Å². The van der Waals surface area contributed by atoms with Gasteiger partial charge in [-0.2, -0.15) is 0 Å². The molecule has 14 heavy (non-hydrogen) atoms. The fourth-order valence-electron chi connectivity index (χ4n) is 2.07. The van der Waals surface area contributed by atoms with Crippen molar-refractivity contribution in [2.75, 3.05) is 25.3 Å². The van der Waals surface area contributed by atoms with Gasteiger partial charge in [-0.3, -0.25) is 0 Å². The minimum absolute atomic E-state index is 0.0875. The predicted molar refractivity (Wildman–Crippen MR) is 52.8 cm³/mol. The molecule has 74 valence electrons. The molecule has 0 saturated carbocycles. The second-order valence-electron chi connectivity index (χ2n) is 3.75. The smallest absolute Gasteiger partial charge is 0.231 e. The van der Waals surface area contributed by atoms with Crippen LogP contribution in [0.2, 0.25) is 0 Å². The summed E-state index contributed by atoms with van der Waals surface area (Å²) in [5, 5.41) is 0. The molecule has 1 aromatic rings. The summed E-state index contributed by atoms with van der Waals surface area (Å²) < 4.78 is 10.6. The van der Waals surface area contributed by atoms with Gasteiger partial charge in [-0.15, -0.1) is 0 Å². The third-order valence-corrected chi connectivity index (χ3v) is 2.80. The average molecular weight is 192 g/mol. The number of ether oxygens (including phenoxy) is 2. The van der Waals surface area contributed by atoms with Crippen molar-refractivity contribution in [1.82, 2.24) is 0 Å². The third kappa shape index (κ3) is 0.915. The van der Waals surface area contributed by atoms with Gasteiger partial charge in [0.2, 0.25) is 6.79 Å². The van der Waals surface area contributed by atoms with Gasteiger partial charge in [0, 0.05) is 31.4 Å². The lowest BCUT2D eigenvalue weighted by Gasteiger charge is -2.11. The maximum Gasteiger partial charge on any atom is 0.231 e. The molecule has 1 aromatic carbocycles. The summed E-state index contributed by atoms with van der Waals surface area (Å²) in [6.07, 6.45) is 0. The molecule has 2 aliphatic rings. The second kappa shape index (κ2) is 2.54. The summed E-state index contributed by atoms with van der Waals surface area (Å²) in [6.45, 7) is 1.18. The predicted octanol–water partition coefficient (Wildman–Crippen LogP) is 0.865. The van der Waals surface area contributed by atoms with Gasteiger partial charge in [0.15, 0.2) is 11.5 Å². The van der Waals surface area contributed by atoms with E-state index in [1.807, 2.05) is 19.2 Å². The van der Waals surface area contributed by atoms with Crippen LogP contribution in [0.4, 0.5) is 5.69 Å². The Hall–Kier alpha value is -1.42. The molecule has 2 N–H and O–H groups in total. The van der Waals surface area contributed by atoms with Crippen molar-refractivity contribution in [2.45, 2.75) is 6.04 Å². The Labute approximate surface area is 82.2 Å². The van der Waals surface area contributed by atoms with Gasteiger partial charge in [0.1, 0.15) is 0 Å². The molecule has 0 radical (unpaired) electrons. The Morgan fingerprint density at radius 2 is 2.07 bits per heavy atom. The Morgan fingerprint density at radius 3 is 2.86 bits per heavy atom. The van der Waals surface area contributed by atoms with Crippen molar-refractivity contribution in [3.05, 3.63) is 17.7 Å². The van der Waals surface area contributed by atoms with E-state index in [9.17, 15) is 0 Å². The van der Waals surface area contributed by atoms with Crippen LogP contribution in [0.25, 0.3) is 0 Å². The van der Waals surface area contributed by atoms with Crippen molar-refractivity contribution < 1.29 is 9.47 Å². The molecule has 0 bridgehead atoms. The lowest BCUT2D eigenvalue weighted by molar-refractivity contribution is 0.174. The Balaban J connectivity index is 2.17. The first-order valence-electron chi connectivity index (χ1n) is 4.66. The lowest BCUT2D eigenvalue weighted by atomic mass is 10.1. The number of hydrogen-bond acceptors (Lipinski definition) is 4. The van der Waals surface area contributed by atoms with Gasteiger partial charge in [-0.1, -0.05) is 0 Å². The molecule has 0 spiro atoms. The minimum Gasteiger partial charge on any atom is -0.454 e. The summed E-state index contributed by atoms with van der Waals surface area (Å²) in [6, 6.07) is 4.08. The van der Waals surface area contributed by atoms with Crippen molar-refractivity contribution in [1.29, 1.82) is 0 Å². The second-order valence-corrected chi connectivity index (χ2v) is 3.75. The number of likely N-dealkylation sites (N-methyl/N-ethyl adjacent to an activating group) is 1. The number of nitrogens with zero attached hydrogens (tertiary/aromatic N) is 1. The fraction of sp³-hybridized carbons (Fsp3) is 0.400. The zero-order valence-corrected chi connectivity index (χ0v) is 7.99. The maximum atomic E-state index is 5.99. The minimum atomic E-state index is 0.0875. The monoisotopic (exact) mass is 192 g/mol. The van der Waals surface area contributed by atoms with Gasteiger partial charge < -0.3 is 20.1 Å². The summed E-state index contributed by atoms with van der Waals surface area (Å²) in [7, 11) is 2.04. The highest BCUT2D eigenvalue weighted by atomic mass is 16.7. The molecule has 2 heterocycles. The van der Waals surface area contributed by atoms with E-state index in [4.69, 9.17) is 15.2 Å². The Morgan fingerprint density at radius 1 is 1.36 bits per heavy atom. The highest BCUT2D eigenvalue weighted by molar-refractivity contribution is 5.66. The van der Waals surface area contributed by atoms with Crippen LogP contribution in [0.15, 0.2) is 12.1 Å². The molecule has 0 amide bonds. The molecule has 2 aliphatic heterocycles. The molecule has 4 heteroatoms. The van der Waals surface area contributed by atoms with E-state index in [2.05, 4.69) is 4.90 Å². The molecule has 3 rings (SSSR count). The summed E-state index contributed by atoms with van der Waals surface area (Å²) in [4.78, 5) is 2.14. The first-order chi connectivity index (χ1) is 6.75. The topological polar surface area (TPSA) is 47.7 Å². The van der Waals surface area contributed by atoms with Crippen molar-refractivity contribution in [3.8, 4) is 11.5 Å². The summed E-state index contributed by atoms with van der Waals surface area (Å²) >= 11 is 0. The third-order valence-electron chi connectivity index (χ3n) is 2.80. The number of hydrogen-bond donors (Lipinski definition) is 1. The number of nitrogens with two attached hydrogens (primary N) is 1. The van der Waals surface area contributed by atoms with Crippen LogP contribution in [-0.2, 0) is 0 Å². The van der Waals surface area contributed by atoms with E-state index in [1.54, 1.807) is 0 Å². The molecule has 4 nitrogen and oxygen atoms in total. The first-order valence-corrected chi connectivity index (χ1v) is 4.66. The van der Waals surface area contributed by atoms with Gasteiger partial charge in [-0.05, 0) is 11.6 Å². The van der Waals surface area contributed by atoms with Crippen LogP contribution in [0.1, 0.15) is 11.6 Å². The highest BCUT2D eigenvalue weighted by Gasteiger charge is 2.27. The highest BCUT2D eigenvalue weighted by Crippen LogP contribution is 2.42. The van der Waals surface area contributed by atoms with Crippen molar-refractivity contribution in [2.24, 2.45) is 5.73 Å². The molecule has 0 fully saturated rings. The van der Waals surface area contributed by atoms with E-state index < -0.39 is 0 Å². The largest absolute Gasteiger partial charge is 0.454 e. The fourth-order valence-corrected chi connectivity index (χ4v) is 2.07. The molecule has 0 aliphatic carbocycles. The molecule has 1 unspecified atom stereocenters. The van der Waals surface area contributed by atoms with Crippen LogP contribution in [0.3, 0.4) is 0 Å². The molecule has 0 saturated heterocycles. The first kappa shape index (κ1) is 7.94. The number of anilines is 1. The summed E-state index contributed by atoms with van der Waals surface area (Å²) in [5.74, 6) is 1.64. The molecular formula is C10H12N2O2. The molecule has 1 atom stereocenters. The van der Waals surface area contributed by atoms with Gasteiger partial charge in [-0.25, -0.2) is 0 Å². The van der Waals surface area contributed by atoms with Crippen LogP contribution in [0, 0.1) is 0 Å². The number of rotatable bonds is 0. The van der Waals surface area contributed by atoms with Crippen LogP contribution < -0.4 is 20.1 Å². The quantitative estimate of drug-likeness (QED) is 0.662. The van der Waals surface area contributed by atoms with Gasteiger partial charge in [0.05, 0.1) is 0 Å². The van der Waals surface area contributed by atoms with Gasteiger partial charge >= 0.3 is 0 Å². The zero-order chi connectivity index (χ0) is 9.71. The standard InChI is InChI=1S/C10H12N2O2/c1-12-4-7(11)6-2-9-10(3-8(6)12)14-5-13-9/h2-3,7H,4-5,11H2,1H3. The van der Waals surface area contributed by atoms with E-state index in [1.165, 1.54) is 0 Å². The van der Waals surface area contributed by atoms with Gasteiger partial charge in [0.25, 0.3) is 0 Å².